The number of hydrogen-bond acceptors (Lipinski definition) is 4. The van der Waals surface area contributed by atoms with Crippen LogP contribution in [0.4, 0.5) is 0 Å². The Labute approximate surface area is 147 Å². The largest absolute Gasteiger partial charge is 0.451 e. The lowest BCUT2D eigenvalue weighted by molar-refractivity contribution is -0.124. The van der Waals surface area contributed by atoms with Crippen molar-refractivity contribution in [2.24, 2.45) is 0 Å². The summed E-state index contributed by atoms with van der Waals surface area (Å²) >= 11 is 0. The summed E-state index contributed by atoms with van der Waals surface area (Å²) < 4.78 is 6.80. The Kier molecular flexibility index (Phi) is 5.16. The van der Waals surface area contributed by atoms with Crippen LogP contribution in [0, 0.1) is 0 Å². The van der Waals surface area contributed by atoms with Gasteiger partial charge in [-0.25, -0.2) is 9.48 Å². The average Bonchev–Trinajstić information content (AvgIpc) is 3.38. The van der Waals surface area contributed by atoms with Crippen molar-refractivity contribution in [3.8, 4) is 5.69 Å². The maximum absolute atomic E-state index is 12.5. The summed E-state index contributed by atoms with van der Waals surface area (Å²) in [6.45, 7) is 3.60. The first-order chi connectivity index (χ1) is 12.1. The van der Waals surface area contributed by atoms with Crippen LogP contribution in [0.15, 0.2) is 36.4 Å². The fourth-order valence-corrected chi connectivity index (χ4v) is 2.51. The van der Waals surface area contributed by atoms with Gasteiger partial charge in [0.1, 0.15) is 0 Å². The molecule has 1 aromatic carbocycles. The molecule has 2 aromatic rings. The van der Waals surface area contributed by atoms with Gasteiger partial charge in [0.05, 0.1) is 11.4 Å². The van der Waals surface area contributed by atoms with E-state index < -0.39 is 5.97 Å². The van der Waals surface area contributed by atoms with Gasteiger partial charge < -0.3 is 10.1 Å². The third-order valence-electron chi connectivity index (χ3n) is 4.29. The lowest BCUT2D eigenvalue weighted by atomic mass is 10.2. The number of rotatable bonds is 7. The highest BCUT2D eigenvalue weighted by molar-refractivity contribution is 5.90. The lowest BCUT2D eigenvalue weighted by Crippen LogP contribution is -2.35. The fraction of sp³-hybridized carbons (Fsp3) is 0.421. The van der Waals surface area contributed by atoms with Crippen LogP contribution in [0.1, 0.15) is 55.2 Å². The first-order valence-corrected chi connectivity index (χ1v) is 8.70. The van der Waals surface area contributed by atoms with E-state index >= 15 is 0 Å². The van der Waals surface area contributed by atoms with Crippen molar-refractivity contribution in [2.45, 2.75) is 45.1 Å². The number of para-hydroxylation sites is 1. The molecule has 1 aliphatic carbocycles. The monoisotopic (exact) mass is 341 g/mol. The minimum Gasteiger partial charge on any atom is -0.451 e. The maximum atomic E-state index is 12.5. The normalized spacial score (nSPS) is 14.8. The maximum Gasteiger partial charge on any atom is 0.357 e. The zero-order chi connectivity index (χ0) is 17.8. The molecule has 0 radical (unpaired) electrons. The minimum atomic E-state index is -0.539. The molecule has 0 unspecified atom stereocenters. The fourth-order valence-electron chi connectivity index (χ4n) is 2.51. The van der Waals surface area contributed by atoms with E-state index in [1.165, 1.54) is 0 Å². The first kappa shape index (κ1) is 17.2. The van der Waals surface area contributed by atoms with Crippen LogP contribution in [0.5, 0.6) is 0 Å². The Morgan fingerprint density at radius 2 is 2.04 bits per heavy atom. The van der Waals surface area contributed by atoms with Crippen molar-refractivity contribution >= 4 is 11.9 Å². The van der Waals surface area contributed by atoms with E-state index in [1.54, 1.807) is 10.7 Å². The Morgan fingerprint density at radius 1 is 1.32 bits per heavy atom. The summed E-state index contributed by atoms with van der Waals surface area (Å²) in [6.07, 6.45) is 3.01. The zero-order valence-corrected chi connectivity index (χ0v) is 14.6. The van der Waals surface area contributed by atoms with Gasteiger partial charge in [0.2, 0.25) is 0 Å². The highest BCUT2D eigenvalue weighted by Crippen LogP contribution is 2.39. The molecular formula is C19H23N3O3. The predicted octanol–water partition coefficient (Wildman–Crippen LogP) is 2.82. The van der Waals surface area contributed by atoms with Crippen LogP contribution in [-0.2, 0) is 9.53 Å². The number of hydrogen-bond donors (Lipinski definition) is 1. The molecule has 1 aliphatic rings. The second kappa shape index (κ2) is 7.51. The van der Waals surface area contributed by atoms with E-state index in [4.69, 9.17) is 4.74 Å². The molecule has 1 amide bonds. The van der Waals surface area contributed by atoms with Crippen LogP contribution in [-0.4, -0.2) is 34.3 Å². The summed E-state index contributed by atoms with van der Waals surface area (Å²) in [4.78, 5) is 24.3. The molecule has 1 N–H and O–H groups in total. The van der Waals surface area contributed by atoms with Gasteiger partial charge in [-0.15, -0.1) is 0 Å². The SMILES string of the molecule is CC[C@@H](C)NC(=O)COC(=O)c1cc(C2CC2)nn1-c1ccccc1. The second-order valence-corrected chi connectivity index (χ2v) is 6.43. The lowest BCUT2D eigenvalue weighted by Gasteiger charge is -2.11. The van der Waals surface area contributed by atoms with E-state index in [9.17, 15) is 9.59 Å². The van der Waals surface area contributed by atoms with Crippen LogP contribution in [0.25, 0.3) is 5.69 Å². The van der Waals surface area contributed by atoms with Crippen molar-refractivity contribution < 1.29 is 14.3 Å². The van der Waals surface area contributed by atoms with Gasteiger partial charge in [-0.3, -0.25) is 4.79 Å². The highest BCUT2D eigenvalue weighted by atomic mass is 16.5. The van der Waals surface area contributed by atoms with Crippen molar-refractivity contribution in [1.29, 1.82) is 0 Å². The Morgan fingerprint density at radius 3 is 2.68 bits per heavy atom. The number of nitrogens with zero attached hydrogens (tertiary/aromatic N) is 2. The molecule has 6 nitrogen and oxygen atoms in total. The minimum absolute atomic E-state index is 0.0579. The molecule has 1 atom stereocenters. The standard InChI is InChI=1S/C19H23N3O3/c1-3-13(2)20-18(23)12-25-19(24)17-11-16(14-9-10-14)21-22(17)15-7-5-4-6-8-15/h4-8,11,13-14H,3,9-10,12H2,1-2H3,(H,20,23)/t13-/m1/s1. The average molecular weight is 341 g/mol. The topological polar surface area (TPSA) is 73.2 Å². The van der Waals surface area contributed by atoms with Gasteiger partial charge in [-0.1, -0.05) is 25.1 Å². The molecule has 0 spiro atoms. The smallest absolute Gasteiger partial charge is 0.357 e. The molecule has 0 saturated heterocycles. The Balaban J connectivity index is 1.74. The molecular weight excluding hydrogens is 318 g/mol. The summed E-state index contributed by atoms with van der Waals surface area (Å²) in [5.74, 6) is -0.413. The van der Waals surface area contributed by atoms with Crippen molar-refractivity contribution in [2.75, 3.05) is 6.61 Å². The van der Waals surface area contributed by atoms with Crippen molar-refractivity contribution in [3.63, 3.8) is 0 Å². The molecule has 0 bridgehead atoms. The Bertz CT molecular complexity index is 751. The Hall–Kier alpha value is -2.63. The van der Waals surface area contributed by atoms with Crippen molar-refractivity contribution in [1.82, 2.24) is 15.1 Å². The third kappa shape index (κ3) is 4.26. The molecule has 0 aliphatic heterocycles. The molecule has 6 heteroatoms. The second-order valence-electron chi connectivity index (χ2n) is 6.43. The van der Waals surface area contributed by atoms with Crippen LogP contribution in [0.2, 0.25) is 0 Å². The molecule has 1 heterocycles. The highest BCUT2D eigenvalue weighted by Gasteiger charge is 2.29. The van der Waals surface area contributed by atoms with Crippen molar-refractivity contribution in [3.05, 3.63) is 47.8 Å². The predicted molar refractivity (Wildman–Crippen MR) is 93.7 cm³/mol. The number of ether oxygens (including phenoxy) is 1. The summed E-state index contributed by atoms with van der Waals surface area (Å²) in [6, 6.07) is 11.3. The number of carbonyl (C=O) groups excluding carboxylic acids is 2. The molecule has 25 heavy (non-hydrogen) atoms. The first-order valence-electron chi connectivity index (χ1n) is 8.70. The van der Waals surface area contributed by atoms with Crippen LogP contribution < -0.4 is 5.32 Å². The zero-order valence-electron chi connectivity index (χ0n) is 14.6. The molecule has 1 aromatic heterocycles. The number of benzene rings is 1. The van der Waals surface area contributed by atoms with E-state index in [0.717, 1.165) is 30.6 Å². The number of amides is 1. The number of aromatic nitrogens is 2. The summed E-state index contributed by atoms with van der Waals surface area (Å²) in [5, 5.41) is 7.35. The van der Waals surface area contributed by atoms with Gasteiger partial charge in [0.15, 0.2) is 12.3 Å². The molecule has 132 valence electrons. The number of esters is 1. The van der Waals surface area contributed by atoms with Crippen LogP contribution in [0.3, 0.4) is 0 Å². The van der Waals surface area contributed by atoms with E-state index in [-0.39, 0.29) is 18.6 Å². The molecule has 1 fully saturated rings. The van der Waals surface area contributed by atoms with Crippen LogP contribution >= 0.6 is 0 Å². The van der Waals surface area contributed by atoms with Gasteiger partial charge in [0.25, 0.3) is 5.91 Å². The molecule has 3 rings (SSSR count). The summed E-state index contributed by atoms with van der Waals surface area (Å²) in [5.41, 5.74) is 2.05. The van der Waals surface area contributed by atoms with E-state index in [1.807, 2.05) is 44.2 Å². The molecule has 1 saturated carbocycles. The third-order valence-corrected chi connectivity index (χ3v) is 4.29. The number of nitrogens with one attached hydrogen (secondary N) is 1. The van der Waals surface area contributed by atoms with E-state index in [2.05, 4.69) is 10.4 Å². The van der Waals surface area contributed by atoms with Gasteiger partial charge in [-0.2, -0.15) is 5.10 Å². The van der Waals surface area contributed by atoms with Gasteiger partial charge in [0, 0.05) is 12.0 Å². The quantitative estimate of drug-likeness (QED) is 0.786. The summed E-state index contributed by atoms with van der Waals surface area (Å²) in [7, 11) is 0. The number of carbonyl (C=O) groups is 2. The van der Waals surface area contributed by atoms with Gasteiger partial charge >= 0.3 is 5.97 Å². The van der Waals surface area contributed by atoms with Gasteiger partial charge in [-0.05, 0) is 44.4 Å². The van der Waals surface area contributed by atoms with E-state index in [0.29, 0.717) is 11.6 Å².